The lowest BCUT2D eigenvalue weighted by Gasteiger charge is -2.38. The molecule has 29 heavy (non-hydrogen) atoms. The molecule has 156 valence electrons. The average Bonchev–Trinajstić information content (AvgIpc) is 2.79. The summed E-state index contributed by atoms with van der Waals surface area (Å²) in [7, 11) is 0. The molecule has 0 bridgehead atoms. The van der Waals surface area contributed by atoms with Crippen molar-refractivity contribution in [2.75, 3.05) is 46.1 Å². The van der Waals surface area contributed by atoms with Crippen molar-refractivity contribution in [3.05, 3.63) is 54.1 Å². The van der Waals surface area contributed by atoms with Gasteiger partial charge in [0.15, 0.2) is 11.5 Å². The number of aliphatic hydroxyl groups excluding tert-OH is 1. The summed E-state index contributed by atoms with van der Waals surface area (Å²) in [5.74, 6) is 2.39. The van der Waals surface area contributed by atoms with Gasteiger partial charge in [-0.25, -0.2) is 0 Å². The van der Waals surface area contributed by atoms with Crippen molar-refractivity contribution < 1.29 is 24.1 Å². The molecule has 0 aliphatic carbocycles. The van der Waals surface area contributed by atoms with Crippen LogP contribution in [0, 0.1) is 0 Å². The fraction of sp³-hybridized carbons (Fsp3) is 0.478. The third-order valence-electron chi connectivity index (χ3n) is 5.63. The molecular formula is C23H29NO5. The van der Waals surface area contributed by atoms with E-state index in [0.29, 0.717) is 19.8 Å². The molecule has 0 spiro atoms. The Bertz CT molecular complexity index is 776. The highest BCUT2D eigenvalue weighted by molar-refractivity contribution is 5.46. The molecule has 0 aromatic heterocycles. The molecule has 6 heteroatoms. The summed E-state index contributed by atoms with van der Waals surface area (Å²) in [6, 6.07) is 15.8. The van der Waals surface area contributed by atoms with Gasteiger partial charge in [0.25, 0.3) is 0 Å². The molecular weight excluding hydrogens is 370 g/mol. The number of rotatable bonds is 8. The zero-order valence-corrected chi connectivity index (χ0v) is 16.6. The number of hydrogen-bond donors (Lipinski definition) is 2. The van der Waals surface area contributed by atoms with Gasteiger partial charge in [0, 0.05) is 31.7 Å². The molecule has 2 aromatic carbocycles. The molecule has 6 nitrogen and oxygen atoms in total. The van der Waals surface area contributed by atoms with Crippen LogP contribution in [-0.4, -0.2) is 57.3 Å². The smallest absolute Gasteiger partial charge is 0.161 e. The van der Waals surface area contributed by atoms with E-state index in [-0.39, 0.29) is 12.0 Å². The summed E-state index contributed by atoms with van der Waals surface area (Å²) in [5, 5.41) is 13.8. The topological polar surface area (TPSA) is 69.2 Å². The van der Waals surface area contributed by atoms with Crippen LogP contribution in [0.15, 0.2) is 48.5 Å². The lowest BCUT2D eigenvalue weighted by Crippen LogP contribution is -2.45. The third-order valence-corrected chi connectivity index (χ3v) is 5.63. The van der Waals surface area contributed by atoms with Crippen LogP contribution in [-0.2, 0) is 10.2 Å². The van der Waals surface area contributed by atoms with E-state index in [9.17, 15) is 5.11 Å². The second-order valence-corrected chi connectivity index (χ2v) is 7.66. The van der Waals surface area contributed by atoms with Crippen LogP contribution in [0.25, 0.3) is 0 Å². The quantitative estimate of drug-likeness (QED) is 0.711. The number of para-hydroxylation sites is 1. The van der Waals surface area contributed by atoms with Gasteiger partial charge in [-0.2, -0.15) is 0 Å². The molecule has 4 rings (SSSR count). The van der Waals surface area contributed by atoms with E-state index in [2.05, 4.69) is 17.4 Å². The SMILES string of the molecule is O[C@H](CNCC1(c2ccc3c(c2)OCCO3)CCOCC1)COc1ccccc1. The molecule has 0 radical (unpaired) electrons. The molecule has 2 aliphatic heterocycles. The van der Waals surface area contributed by atoms with Crippen LogP contribution in [0.1, 0.15) is 18.4 Å². The number of benzene rings is 2. The summed E-state index contributed by atoms with van der Waals surface area (Å²) in [5.41, 5.74) is 1.18. The van der Waals surface area contributed by atoms with Crippen molar-refractivity contribution >= 4 is 0 Å². The second kappa shape index (κ2) is 9.48. The van der Waals surface area contributed by atoms with Gasteiger partial charge in [0.05, 0.1) is 0 Å². The first-order valence-corrected chi connectivity index (χ1v) is 10.3. The molecule has 2 aromatic rings. The Morgan fingerprint density at radius 1 is 0.966 bits per heavy atom. The predicted octanol–water partition coefficient (Wildman–Crippen LogP) is 2.54. The van der Waals surface area contributed by atoms with E-state index in [1.165, 1.54) is 5.56 Å². The van der Waals surface area contributed by atoms with E-state index in [1.54, 1.807) is 0 Å². The van der Waals surface area contributed by atoms with Gasteiger partial charge < -0.3 is 29.4 Å². The maximum atomic E-state index is 10.3. The molecule has 2 aliphatic rings. The molecule has 2 heterocycles. The first-order chi connectivity index (χ1) is 14.3. The first-order valence-electron chi connectivity index (χ1n) is 10.3. The number of aliphatic hydroxyl groups is 1. The Balaban J connectivity index is 1.36. The Morgan fingerprint density at radius 3 is 2.52 bits per heavy atom. The van der Waals surface area contributed by atoms with E-state index < -0.39 is 6.10 Å². The molecule has 1 fully saturated rings. The zero-order chi connectivity index (χ0) is 19.9. The Kier molecular flexibility index (Phi) is 6.54. The predicted molar refractivity (Wildman–Crippen MR) is 110 cm³/mol. The van der Waals surface area contributed by atoms with Crippen molar-refractivity contribution in [1.82, 2.24) is 5.32 Å². The largest absolute Gasteiger partial charge is 0.491 e. The molecule has 1 saturated heterocycles. The van der Waals surface area contributed by atoms with Crippen LogP contribution >= 0.6 is 0 Å². The van der Waals surface area contributed by atoms with Gasteiger partial charge in [-0.05, 0) is 42.7 Å². The van der Waals surface area contributed by atoms with Crippen molar-refractivity contribution in [2.45, 2.75) is 24.4 Å². The van der Waals surface area contributed by atoms with Gasteiger partial charge >= 0.3 is 0 Å². The summed E-state index contributed by atoms with van der Waals surface area (Å²) in [6.07, 6.45) is 1.28. The van der Waals surface area contributed by atoms with E-state index in [4.69, 9.17) is 18.9 Å². The van der Waals surface area contributed by atoms with Crippen molar-refractivity contribution in [1.29, 1.82) is 0 Å². The zero-order valence-electron chi connectivity index (χ0n) is 16.6. The van der Waals surface area contributed by atoms with Gasteiger partial charge in [-0.3, -0.25) is 0 Å². The number of hydrogen-bond acceptors (Lipinski definition) is 6. The maximum Gasteiger partial charge on any atom is 0.161 e. The average molecular weight is 399 g/mol. The summed E-state index contributed by atoms with van der Waals surface area (Å²) < 4.78 is 22.7. The highest BCUT2D eigenvalue weighted by atomic mass is 16.6. The normalized spacial score (nSPS) is 18.8. The highest BCUT2D eigenvalue weighted by Crippen LogP contribution is 2.39. The van der Waals surface area contributed by atoms with E-state index in [1.807, 2.05) is 36.4 Å². The Morgan fingerprint density at radius 2 is 1.72 bits per heavy atom. The summed E-state index contributed by atoms with van der Waals surface area (Å²) in [6.45, 7) is 4.13. The van der Waals surface area contributed by atoms with E-state index in [0.717, 1.165) is 49.8 Å². The van der Waals surface area contributed by atoms with Crippen LogP contribution in [0.3, 0.4) is 0 Å². The molecule has 1 atom stereocenters. The van der Waals surface area contributed by atoms with E-state index >= 15 is 0 Å². The minimum Gasteiger partial charge on any atom is -0.491 e. The molecule has 0 unspecified atom stereocenters. The van der Waals surface area contributed by atoms with Crippen LogP contribution in [0.5, 0.6) is 17.2 Å². The standard InChI is InChI=1S/C23H29NO5/c25-19(16-29-20-4-2-1-3-5-20)15-24-17-23(8-10-26-11-9-23)18-6-7-21-22(14-18)28-13-12-27-21/h1-7,14,19,24-25H,8-13,15-17H2/t19-/m1/s1. The molecule has 0 saturated carbocycles. The maximum absolute atomic E-state index is 10.3. The molecule has 0 amide bonds. The first kappa shape index (κ1) is 20.0. The minimum absolute atomic E-state index is 0.0475. The monoisotopic (exact) mass is 399 g/mol. The third kappa shape index (κ3) is 5.01. The van der Waals surface area contributed by atoms with Gasteiger partial charge in [0.2, 0.25) is 0 Å². The summed E-state index contributed by atoms with van der Waals surface area (Å²) >= 11 is 0. The summed E-state index contributed by atoms with van der Waals surface area (Å²) in [4.78, 5) is 0. The van der Waals surface area contributed by atoms with Crippen molar-refractivity contribution in [3.8, 4) is 17.2 Å². The van der Waals surface area contributed by atoms with Crippen LogP contribution in [0.2, 0.25) is 0 Å². The fourth-order valence-electron chi connectivity index (χ4n) is 3.95. The highest BCUT2D eigenvalue weighted by Gasteiger charge is 2.35. The van der Waals surface area contributed by atoms with Gasteiger partial charge in [-0.15, -0.1) is 0 Å². The van der Waals surface area contributed by atoms with Gasteiger partial charge in [0.1, 0.15) is 31.7 Å². The van der Waals surface area contributed by atoms with Crippen LogP contribution < -0.4 is 19.5 Å². The van der Waals surface area contributed by atoms with Crippen molar-refractivity contribution in [2.24, 2.45) is 0 Å². The lowest BCUT2D eigenvalue weighted by atomic mass is 9.74. The number of nitrogens with one attached hydrogen (secondary N) is 1. The Hall–Kier alpha value is -2.28. The Labute approximate surface area is 171 Å². The number of fused-ring (bicyclic) bond motifs is 1. The number of ether oxygens (including phenoxy) is 4. The van der Waals surface area contributed by atoms with Gasteiger partial charge in [-0.1, -0.05) is 24.3 Å². The minimum atomic E-state index is -0.577. The van der Waals surface area contributed by atoms with Crippen LogP contribution in [0.4, 0.5) is 0 Å². The second-order valence-electron chi connectivity index (χ2n) is 7.66. The lowest BCUT2D eigenvalue weighted by molar-refractivity contribution is 0.0468. The molecule has 2 N–H and O–H groups in total. The fourth-order valence-corrected chi connectivity index (χ4v) is 3.95. The van der Waals surface area contributed by atoms with Crippen molar-refractivity contribution in [3.63, 3.8) is 0 Å².